The molecule has 0 aromatic carbocycles. The number of nitrogens with one attached hydrogen (secondary N) is 2. The van der Waals surface area contributed by atoms with E-state index in [-0.39, 0.29) is 0 Å². The lowest BCUT2D eigenvalue weighted by Gasteiger charge is -2.34. The molecule has 100 valence electrons. The summed E-state index contributed by atoms with van der Waals surface area (Å²) in [6.07, 6.45) is 7.53. The molecule has 0 amide bonds. The largest absolute Gasteiger partial charge is 0.355 e. The Morgan fingerprint density at radius 3 is 3.16 bits per heavy atom. The van der Waals surface area contributed by atoms with Crippen LogP contribution < -0.4 is 10.2 Å². The van der Waals surface area contributed by atoms with Crippen molar-refractivity contribution in [3.05, 3.63) is 18.6 Å². The van der Waals surface area contributed by atoms with Crippen molar-refractivity contribution < 1.29 is 0 Å². The first-order valence-corrected chi connectivity index (χ1v) is 7.10. The van der Waals surface area contributed by atoms with Crippen LogP contribution in [0.5, 0.6) is 0 Å². The predicted octanol–water partition coefficient (Wildman–Crippen LogP) is 1.54. The minimum absolute atomic E-state index is 0.464. The highest BCUT2D eigenvalue weighted by Gasteiger charge is 2.39. The average Bonchev–Trinajstić information content (AvgIpc) is 3.06. The summed E-state index contributed by atoms with van der Waals surface area (Å²) in [4.78, 5) is 14.4. The number of rotatable bonds is 1. The Balaban J connectivity index is 1.65. The molecule has 2 aromatic rings. The van der Waals surface area contributed by atoms with Gasteiger partial charge in [0.1, 0.15) is 17.8 Å². The smallest absolute Gasteiger partial charge is 0.142 e. The second kappa shape index (κ2) is 4.20. The molecule has 4 heterocycles. The second-order valence-corrected chi connectivity index (χ2v) is 5.89. The molecule has 2 N–H and O–H groups in total. The van der Waals surface area contributed by atoms with E-state index in [1.807, 2.05) is 6.20 Å². The summed E-state index contributed by atoms with van der Waals surface area (Å²) in [6.45, 7) is 4.57. The van der Waals surface area contributed by atoms with Gasteiger partial charge in [-0.05, 0) is 31.9 Å². The third-order valence-electron chi connectivity index (χ3n) is 4.63. The highest BCUT2D eigenvalue weighted by Crippen LogP contribution is 2.39. The number of hydrogen-bond acceptors (Lipinski definition) is 4. The van der Waals surface area contributed by atoms with Crippen molar-refractivity contribution in [3.63, 3.8) is 0 Å². The van der Waals surface area contributed by atoms with Gasteiger partial charge in [-0.3, -0.25) is 0 Å². The molecule has 0 radical (unpaired) electrons. The molecule has 2 fully saturated rings. The van der Waals surface area contributed by atoms with E-state index in [0.717, 1.165) is 36.5 Å². The lowest BCUT2D eigenvalue weighted by Crippen LogP contribution is -2.42. The van der Waals surface area contributed by atoms with E-state index in [9.17, 15) is 0 Å². The number of anilines is 1. The Morgan fingerprint density at radius 2 is 2.26 bits per heavy atom. The summed E-state index contributed by atoms with van der Waals surface area (Å²) in [5.74, 6) is 1.09. The fourth-order valence-corrected chi connectivity index (χ4v) is 3.61. The van der Waals surface area contributed by atoms with Crippen LogP contribution in [-0.2, 0) is 0 Å². The zero-order valence-corrected chi connectivity index (χ0v) is 11.0. The summed E-state index contributed by atoms with van der Waals surface area (Å²) < 4.78 is 0. The first kappa shape index (κ1) is 11.2. The van der Waals surface area contributed by atoms with Gasteiger partial charge in [0.15, 0.2) is 0 Å². The van der Waals surface area contributed by atoms with E-state index >= 15 is 0 Å². The Kier molecular flexibility index (Phi) is 2.48. The lowest BCUT2D eigenvalue weighted by atomic mass is 9.80. The van der Waals surface area contributed by atoms with Crippen LogP contribution in [0.4, 0.5) is 5.82 Å². The fraction of sp³-hybridized carbons (Fsp3) is 0.571. The standard InChI is InChI=1S/C14H19N5/c1-3-14(8-15-5-1)4-7-19(9-14)13-11-2-6-16-12(11)17-10-18-13/h2,6,10,15H,1,3-5,7-9H2,(H,16,17,18). The van der Waals surface area contributed by atoms with Gasteiger partial charge in [-0.1, -0.05) is 0 Å². The molecule has 0 aliphatic carbocycles. The van der Waals surface area contributed by atoms with Crippen molar-refractivity contribution in [2.45, 2.75) is 19.3 Å². The maximum atomic E-state index is 4.51. The van der Waals surface area contributed by atoms with Crippen molar-refractivity contribution in [1.82, 2.24) is 20.3 Å². The molecule has 2 aromatic heterocycles. The Morgan fingerprint density at radius 1 is 1.26 bits per heavy atom. The van der Waals surface area contributed by atoms with Crippen molar-refractivity contribution in [1.29, 1.82) is 0 Å². The molecular weight excluding hydrogens is 238 g/mol. The van der Waals surface area contributed by atoms with Gasteiger partial charge in [0, 0.05) is 31.2 Å². The molecule has 1 unspecified atom stereocenters. The number of fused-ring (bicyclic) bond motifs is 1. The van der Waals surface area contributed by atoms with Crippen LogP contribution in [0.3, 0.4) is 0 Å². The van der Waals surface area contributed by atoms with E-state index in [2.05, 4.69) is 31.2 Å². The minimum Gasteiger partial charge on any atom is -0.355 e. The van der Waals surface area contributed by atoms with E-state index in [0.29, 0.717) is 5.41 Å². The van der Waals surface area contributed by atoms with Crippen molar-refractivity contribution in [3.8, 4) is 0 Å². The van der Waals surface area contributed by atoms with Gasteiger partial charge >= 0.3 is 0 Å². The second-order valence-electron chi connectivity index (χ2n) is 5.89. The Hall–Kier alpha value is -1.62. The van der Waals surface area contributed by atoms with Crippen LogP contribution >= 0.6 is 0 Å². The van der Waals surface area contributed by atoms with Crippen LogP contribution in [0.1, 0.15) is 19.3 Å². The van der Waals surface area contributed by atoms with Crippen LogP contribution in [0.15, 0.2) is 18.6 Å². The van der Waals surface area contributed by atoms with Crippen LogP contribution in [0, 0.1) is 5.41 Å². The van der Waals surface area contributed by atoms with Crippen molar-refractivity contribution >= 4 is 16.9 Å². The normalized spacial score (nSPS) is 27.5. The Labute approximate surface area is 112 Å². The van der Waals surface area contributed by atoms with Gasteiger partial charge in [-0.2, -0.15) is 0 Å². The molecule has 2 aliphatic rings. The van der Waals surface area contributed by atoms with Gasteiger partial charge < -0.3 is 15.2 Å². The third-order valence-corrected chi connectivity index (χ3v) is 4.63. The summed E-state index contributed by atoms with van der Waals surface area (Å²) in [5.41, 5.74) is 1.40. The van der Waals surface area contributed by atoms with E-state index in [1.165, 1.54) is 25.8 Å². The number of H-pyrrole nitrogens is 1. The third kappa shape index (κ3) is 1.80. The summed E-state index contributed by atoms with van der Waals surface area (Å²) in [5, 5.41) is 4.70. The molecule has 2 saturated heterocycles. The molecular formula is C14H19N5. The van der Waals surface area contributed by atoms with Crippen LogP contribution in [0.2, 0.25) is 0 Å². The number of nitrogens with zero attached hydrogens (tertiary/aromatic N) is 3. The zero-order chi connectivity index (χ0) is 12.7. The number of piperidine rings is 1. The van der Waals surface area contributed by atoms with Gasteiger partial charge in [0.25, 0.3) is 0 Å². The number of hydrogen-bond donors (Lipinski definition) is 2. The summed E-state index contributed by atoms with van der Waals surface area (Å²) in [7, 11) is 0. The zero-order valence-electron chi connectivity index (χ0n) is 11.0. The highest BCUT2D eigenvalue weighted by atomic mass is 15.2. The van der Waals surface area contributed by atoms with E-state index in [1.54, 1.807) is 6.33 Å². The number of aromatic amines is 1. The monoisotopic (exact) mass is 257 g/mol. The number of aromatic nitrogens is 3. The van der Waals surface area contributed by atoms with Crippen molar-refractivity contribution in [2.75, 3.05) is 31.1 Å². The first-order valence-electron chi connectivity index (χ1n) is 7.10. The fourth-order valence-electron chi connectivity index (χ4n) is 3.61. The van der Waals surface area contributed by atoms with Gasteiger partial charge in [0.05, 0.1) is 5.39 Å². The minimum atomic E-state index is 0.464. The predicted molar refractivity (Wildman–Crippen MR) is 75.3 cm³/mol. The molecule has 1 atom stereocenters. The van der Waals surface area contributed by atoms with Crippen molar-refractivity contribution in [2.24, 2.45) is 5.41 Å². The van der Waals surface area contributed by atoms with E-state index < -0.39 is 0 Å². The van der Waals surface area contributed by atoms with Crippen LogP contribution in [-0.4, -0.2) is 41.1 Å². The van der Waals surface area contributed by atoms with Crippen LogP contribution in [0.25, 0.3) is 11.0 Å². The molecule has 0 bridgehead atoms. The SMILES string of the molecule is c1nc(N2CCC3(CCCNC3)C2)c2cc[nH]c2n1. The average molecular weight is 257 g/mol. The first-order chi connectivity index (χ1) is 9.36. The van der Waals surface area contributed by atoms with Gasteiger partial charge in [0.2, 0.25) is 0 Å². The van der Waals surface area contributed by atoms with E-state index in [4.69, 9.17) is 0 Å². The molecule has 4 rings (SSSR count). The molecule has 0 saturated carbocycles. The maximum Gasteiger partial charge on any atom is 0.142 e. The Bertz CT molecular complexity index is 584. The highest BCUT2D eigenvalue weighted by molar-refractivity contribution is 5.87. The summed E-state index contributed by atoms with van der Waals surface area (Å²) >= 11 is 0. The topological polar surface area (TPSA) is 56.8 Å². The molecule has 5 heteroatoms. The quantitative estimate of drug-likeness (QED) is 0.813. The molecule has 2 aliphatic heterocycles. The molecule has 19 heavy (non-hydrogen) atoms. The molecule has 5 nitrogen and oxygen atoms in total. The van der Waals surface area contributed by atoms with Gasteiger partial charge in [-0.15, -0.1) is 0 Å². The summed E-state index contributed by atoms with van der Waals surface area (Å²) in [6, 6.07) is 2.08. The molecule has 1 spiro atoms. The van der Waals surface area contributed by atoms with Gasteiger partial charge in [-0.25, -0.2) is 9.97 Å². The lowest BCUT2D eigenvalue weighted by molar-refractivity contribution is 0.239. The maximum absolute atomic E-state index is 4.51.